The number of nitrogens with one attached hydrogen (secondary N) is 2. The molecule has 7 nitrogen and oxygen atoms in total. The van der Waals surface area contributed by atoms with E-state index in [4.69, 9.17) is 0 Å². The Morgan fingerprint density at radius 2 is 1.86 bits per heavy atom. The lowest BCUT2D eigenvalue weighted by molar-refractivity contribution is -0.126. The number of para-hydroxylation sites is 2. The van der Waals surface area contributed by atoms with Crippen molar-refractivity contribution in [3.05, 3.63) is 60.4 Å². The summed E-state index contributed by atoms with van der Waals surface area (Å²) < 4.78 is 27.5. The molecule has 1 saturated heterocycles. The highest BCUT2D eigenvalue weighted by atomic mass is 32.2. The number of rotatable bonds is 5. The zero-order chi connectivity index (χ0) is 20.4. The maximum absolute atomic E-state index is 13.1. The summed E-state index contributed by atoms with van der Waals surface area (Å²) >= 11 is 0. The van der Waals surface area contributed by atoms with Crippen LogP contribution in [0, 0.1) is 0 Å². The first-order valence-corrected chi connectivity index (χ1v) is 11.2. The third kappa shape index (κ3) is 3.90. The molecule has 0 aliphatic carbocycles. The van der Waals surface area contributed by atoms with Crippen molar-refractivity contribution in [2.45, 2.75) is 43.2 Å². The maximum Gasteiger partial charge on any atom is 0.243 e. The summed E-state index contributed by atoms with van der Waals surface area (Å²) in [6.07, 6.45) is 2.07. The minimum absolute atomic E-state index is 0.213. The Labute approximate surface area is 170 Å². The molecule has 0 spiro atoms. The molecular formula is C21H24N4O3S. The Bertz CT molecular complexity index is 1080. The Morgan fingerprint density at radius 3 is 2.62 bits per heavy atom. The van der Waals surface area contributed by atoms with Crippen LogP contribution in [-0.2, 0) is 14.8 Å². The highest BCUT2D eigenvalue weighted by molar-refractivity contribution is 7.89. The number of amides is 1. The number of piperidine rings is 1. The number of hydrogen-bond acceptors (Lipinski definition) is 4. The molecule has 0 radical (unpaired) electrons. The lowest BCUT2D eigenvalue weighted by atomic mass is 10.0. The van der Waals surface area contributed by atoms with E-state index in [1.165, 1.54) is 4.31 Å². The Kier molecular flexibility index (Phi) is 5.38. The van der Waals surface area contributed by atoms with Crippen LogP contribution in [0.3, 0.4) is 0 Å². The molecule has 1 unspecified atom stereocenters. The van der Waals surface area contributed by atoms with Crippen molar-refractivity contribution in [3.63, 3.8) is 0 Å². The zero-order valence-corrected chi connectivity index (χ0v) is 17.0. The van der Waals surface area contributed by atoms with Gasteiger partial charge in [0.15, 0.2) is 0 Å². The molecule has 152 valence electrons. The predicted octanol–water partition coefficient (Wildman–Crippen LogP) is 2.98. The number of carbonyl (C=O) groups excluding carboxylic acids is 1. The molecule has 1 aliphatic heterocycles. The van der Waals surface area contributed by atoms with E-state index in [0.717, 1.165) is 23.9 Å². The van der Waals surface area contributed by atoms with Crippen molar-refractivity contribution in [1.29, 1.82) is 0 Å². The number of benzene rings is 2. The van der Waals surface area contributed by atoms with Crippen LogP contribution in [0.5, 0.6) is 0 Å². The molecule has 2 N–H and O–H groups in total. The van der Waals surface area contributed by atoms with Gasteiger partial charge in [-0.05, 0) is 44.0 Å². The van der Waals surface area contributed by atoms with Crippen molar-refractivity contribution in [3.8, 4) is 0 Å². The lowest BCUT2D eigenvalue weighted by Crippen LogP contribution is -2.52. The average molecular weight is 413 g/mol. The fraction of sp³-hybridized carbons (Fsp3) is 0.333. The number of carbonyl (C=O) groups is 1. The number of sulfonamides is 1. The van der Waals surface area contributed by atoms with E-state index in [2.05, 4.69) is 15.3 Å². The van der Waals surface area contributed by atoms with Crippen LogP contribution in [0.25, 0.3) is 11.0 Å². The molecule has 3 aromatic rings. The second-order valence-electron chi connectivity index (χ2n) is 7.31. The molecule has 2 aromatic carbocycles. The Balaban J connectivity index is 1.54. The van der Waals surface area contributed by atoms with E-state index in [9.17, 15) is 13.2 Å². The van der Waals surface area contributed by atoms with Gasteiger partial charge in [0.2, 0.25) is 15.9 Å². The second kappa shape index (κ2) is 7.96. The first-order valence-electron chi connectivity index (χ1n) is 9.79. The van der Waals surface area contributed by atoms with Crippen LogP contribution in [0.4, 0.5) is 0 Å². The van der Waals surface area contributed by atoms with Crippen molar-refractivity contribution >= 4 is 27.0 Å². The Hall–Kier alpha value is -2.71. The summed E-state index contributed by atoms with van der Waals surface area (Å²) in [5.74, 6) is 0.352. The van der Waals surface area contributed by atoms with Gasteiger partial charge in [-0.3, -0.25) is 4.79 Å². The van der Waals surface area contributed by atoms with Gasteiger partial charge >= 0.3 is 0 Å². The number of imidazole rings is 1. The van der Waals surface area contributed by atoms with Gasteiger partial charge in [0.1, 0.15) is 11.9 Å². The first-order chi connectivity index (χ1) is 14.0. The van der Waals surface area contributed by atoms with Crippen LogP contribution in [-0.4, -0.2) is 41.2 Å². The average Bonchev–Trinajstić information content (AvgIpc) is 3.19. The molecule has 1 aliphatic rings. The normalized spacial score (nSPS) is 19.1. The van der Waals surface area contributed by atoms with Gasteiger partial charge in [-0.2, -0.15) is 4.31 Å². The molecule has 1 amide bonds. The highest BCUT2D eigenvalue weighted by Gasteiger charge is 2.38. The third-order valence-corrected chi connectivity index (χ3v) is 7.21. The van der Waals surface area contributed by atoms with Crippen LogP contribution < -0.4 is 5.32 Å². The molecule has 8 heteroatoms. The SMILES string of the molecule is C[C@H](NC(=O)C1CCCCN1S(=O)(=O)c1ccccc1)c1nc2ccccc2[nH]1. The van der Waals surface area contributed by atoms with E-state index >= 15 is 0 Å². The molecule has 0 bridgehead atoms. The van der Waals surface area contributed by atoms with E-state index < -0.39 is 16.1 Å². The summed E-state index contributed by atoms with van der Waals surface area (Å²) in [7, 11) is -3.73. The molecule has 1 fully saturated rings. The topological polar surface area (TPSA) is 95.2 Å². The van der Waals surface area contributed by atoms with Gasteiger partial charge in [-0.25, -0.2) is 13.4 Å². The van der Waals surface area contributed by atoms with Crippen molar-refractivity contribution in [2.75, 3.05) is 6.54 Å². The summed E-state index contributed by atoms with van der Waals surface area (Å²) in [6.45, 7) is 2.18. The second-order valence-corrected chi connectivity index (χ2v) is 9.20. The molecule has 29 heavy (non-hydrogen) atoms. The fourth-order valence-electron chi connectivity index (χ4n) is 3.74. The van der Waals surface area contributed by atoms with E-state index in [0.29, 0.717) is 18.8 Å². The minimum Gasteiger partial charge on any atom is -0.345 e. The number of fused-ring (bicyclic) bond motifs is 1. The highest BCUT2D eigenvalue weighted by Crippen LogP contribution is 2.26. The molecule has 1 aromatic heterocycles. The number of aromatic nitrogens is 2. The van der Waals surface area contributed by atoms with E-state index in [1.807, 2.05) is 31.2 Å². The van der Waals surface area contributed by atoms with Gasteiger partial charge in [0.25, 0.3) is 0 Å². The van der Waals surface area contributed by atoms with Crippen molar-refractivity contribution < 1.29 is 13.2 Å². The van der Waals surface area contributed by atoms with Gasteiger partial charge in [0, 0.05) is 6.54 Å². The molecule has 2 atom stereocenters. The zero-order valence-electron chi connectivity index (χ0n) is 16.2. The standard InChI is InChI=1S/C21H24N4O3S/c1-15(20-23-17-11-5-6-12-18(17)24-20)22-21(26)19-13-7-8-14-25(19)29(27,28)16-9-3-2-4-10-16/h2-6,9-12,15,19H,7-8,13-14H2,1H3,(H,22,26)(H,23,24)/t15-,19?/m0/s1. The van der Waals surface area contributed by atoms with Crippen molar-refractivity contribution in [1.82, 2.24) is 19.6 Å². The van der Waals surface area contributed by atoms with Crippen LogP contribution >= 0.6 is 0 Å². The fourth-order valence-corrected chi connectivity index (χ4v) is 5.42. The lowest BCUT2D eigenvalue weighted by Gasteiger charge is -2.34. The number of H-pyrrole nitrogens is 1. The monoisotopic (exact) mass is 412 g/mol. The quantitative estimate of drug-likeness (QED) is 0.673. The number of aromatic amines is 1. The first kappa shape index (κ1) is 19.6. The van der Waals surface area contributed by atoms with Crippen molar-refractivity contribution in [2.24, 2.45) is 0 Å². The molecular weight excluding hydrogens is 388 g/mol. The third-order valence-electron chi connectivity index (χ3n) is 5.28. The molecule has 0 saturated carbocycles. The van der Waals surface area contributed by atoms with Gasteiger partial charge in [0.05, 0.1) is 22.0 Å². The molecule has 2 heterocycles. The van der Waals surface area contributed by atoms with Gasteiger partial charge in [-0.1, -0.05) is 36.8 Å². The summed E-state index contributed by atoms with van der Waals surface area (Å²) in [5.41, 5.74) is 1.73. The van der Waals surface area contributed by atoms with Crippen LogP contribution in [0.1, 0.15) is 38.1 Å². The number of nitrogens with zero attached hydrogens (tertiary/aromatic N) is 2. The Morgan fingerprint density at radius 1 is 1.14 bits per heavy atom. The van der Waals surface area contributed by atoms with Gasteiger partial charge < -0.3 is 10.3 Å². The minimum atomic E-state index is -3.73. The number of hydrogen-bond donors (Lipinski definition) is 2. The summed E-state index contributed by atoms with van der Waals surface area (Å²) in [5, 5.41) is 2.94. The van der Waals surface area contributed by atoms with Crippen LogP contribution in [0.2, 0.25) is 0 Å². The van der Waals surface area contributed by atoms with Crippen LogP contribution in [0.15, 0.2) is 59.5 Å². The summed E-state index contributed by atoms with van der Waals surface area (Å²) in [6, 6.07) is 14.9. The molecule has 4 rings (SSSR count). The maximum atomic E-state index is 13.1. The smallest absolute Gasteiger partial charge is 0.243 e. The van der Waals surface area contributed by atoms with E-state index in [1.54, 1.807) is 30.3 Å². The largest absolute Gasteiger partial charge is 0.345 e. The predicted molar refractivity (Wildman–Crippen MR) is 111 cm³/mol. The summed E-state index contributed by atoms with van der Waals surface area (Å²) in [4.78, 5) is 21.0. The van der Waals surface area contributed by atoms with Gasteiger partial charge in [-0.15, -0.1) is 0 Å². The van der Waals surface area contributed by atoms with E-state index in [-0.39, 0.29) is 16.8 Å².